The second-order valence-electron chi connectivity index (χ2n) is 3.65. The van der Waals surface area contributed by atoms with Crippen molar-refractivity contribution in [3.63, 3.8) is 0 Å². The molecule has 1 N–H and O–H groups in total. The fraction of sp³-hybridized carbons (Fsp3) is 0.0909. The van der Waals surface area contributed by atoms with Crippen LogP contribution in [0, 0.1) is 10.1 Å². The lowest BCUT2D eigenvalue weighted by atomic mass is 10.2. The van der Waals surface area contributed by atoms with Gasteiger partial charge in [0.25, 0.3) is 0 Å². The number of thiazole rings is 1. The summed E-state index contributed by atoms with van der Waals surface area (Å²) in [5.41, 5.74) is 0.886. The van der Waals surface area contributed by atoms with E-state index in [1.54, 1.807) is 24.1 Å². The maximum Gasteiger partial charge on any atom is 0.345 e. The Morgan fingerprint density at radius 3 is 2.53 bits per heavy atom. The number of hydrogen-bond acceptors (Lipinski definition) is 6. The zero-order chi connectivity index (χ0) is 14.0. The summed E-state index contributed by atoms with van der Waals surface area (Å²) in [6.07, 6.45) is 1.20. The first kappa shape index (κ1) is 13.0. The van der Waals surface area contributed by atoms with Gasteiger partial charge in [0.2, 0.25) is 0 Å². The van der Waals surface area contributed by atoms with E-state index < -0.39 is 10.9 Å². The van der Waals surface area contributed by atoms with Crippen LogP contribution in [0.3, 0.4) is 0 Å². The van der Waals surface area contributed by atoms with Crippen LogP contribution in [0.1, 0.15) is 10.4 Å². The Hall–Kier alpha value is -2.48. The lowest BCUT2D eigenvalue weighted by Crippen LogP contribution is -2.09. The molecule has 19 heavy (non-hydrogen) atoms. The third-order valence-corrected chi connectivity index (χ3v) is 3.48. The highest BCUT2D eigenvalue weighted by molar-refractivity contribution is 7.18. The number of rotatable bonds is 4. The zero-order valence-electron chi connectivity index (χ0n) is 9.81. The fourth-order valence-corrected chi connectivity index (χ4v) is 2.15. The van der Waals surface area contributed by atoms with Gasteiger partial charge >= 0.3 is 11.0 Å². The van der Waals surface area contributed by atoms with Gasteiger partial charge in [0, 0.05) is 12.7 Å². The first-order valence-corrected chi connectivity index (χ1v) is 5.98. The van der Waals surface area contributed by atoms with E-state index >= 15 is 0 Å². The number of carboxylic acids is 1. The molecular weight excluding hydrogens is 270 g/mol. The van der Waals surface area contributed by atoms with E-state index in [-0.39, 0.29) is 10.6 Å². The number of aromatic nitrogens is 1. The standard InChI is InChI=1S/C11H9N3O4S/c1-13(11-12-6-9(19-11)14(17)18)8-4-2-7(3-5-8)10(15)16/h2-6H,1H3,(H,15,16). The topological polar surface area (TPSA) is 96.6 Å². The number of carbonyl (C=O) groups is 1. The Labute approximate surface area is 111 Å². The Morgan fingerprint density at radius 1 is 1.42 bits per heavy atom. The molecule has 0 unspecified atom stereocenters. The Kier molecular flexibility index (Phi) is 3.43. The highest BCUT2D eigenvalue weighted by atomic mass is 32.1. The van der Waals surface area contributed by atoms with Crippen molar-refractivity contribution < 1.29 is 14.8 Å². The normalized spacial score (nSPS) is 10.2. The predicted molar refractivity (Wildman–Crippen MR) is 70.2 cm³/mol. The molecular formula is C11H9N3O4S. The molecule has 2 rings (SSSR count). The van der Waals surface area contributed by atoms with Crippen LogP contribution in [0.25, 0.3) is 0 Å². The molecule has 8 heteroatoms. The highest BCUT2D eigenvalue weighted by Gasteiger charge is 2.15. The van der Waals surface area contributed by atoms with Crippen molar-refractivity contribution in [2.24, 2.45) is 0 Å². The van der Waals surface area contributed by atoms with Crippen LogP contribution in [0.2, 0.25) is 0 Å². The average molecular weight is 279 g/mol. The minimum Gasteiger partial charge on any atom is -0.478 e. The molecule has 7 nitrogen and oxygen atoms in total. The van der Waals surface area contributed by atoms with Crippen LogP contribution < -0.4 is 4.90 Å². The number of nitro groups is 1. The summed E-state index contributed by atoms with van der Waals surface area (Å²) in [5.74, 6) is -1.00. The minimum atomic E-state index is -1.00. The molecule has 0 aliphatic rings. The van der Waals surface area contributed by atoms with E-state index in [0.29, 0.717) is 10.8 Å². The van der Waals surface area contributed by atoms with Crippen LogP contribution in [-0.2, 0) is 0 Å². The van der Waals surface area contributed by atoms with Crippen LogP contribution >= 0.6 is 11.3 Å². The molecule has 0 atom stereocenters. The first-order valence-electron chi connectivity index (χ1n) is 5.16. The zero-order valence-corrected chi connectivity index (χ0v) is 10.6. The molecule has 0 amide bonds. The second-order valence-corrected chi connectivity index (χ2v) is 4.64. The quantitative estimate of drug-likeness (QED) is 0.682. The molecule has 0 aliphatic carbocycles. The van der Waals surface area contributed by atoms with E-state index in [4.69, 9.17) is 5.11 Å². The number of nitrogens with zero attached hydrogens (tertiary/aromatic N) is 3. The molecule has 1 heterocycles. The lowest BCUT2D eigenvalue weighted by Gasteiger charge is -2.15. The molecule has 0 spiro atoms. The van der Waals surface area contributed by atoms with Gasteiger partial charge in [-0.05, 0) is 35.6 Å². The summed E-state index contributed by atoms with van der Waals surface area (Å²) in [5, 5.41) is 19.8. The van der Waals surface area contributed by atoms with Crippen molar-refractivity contribution >= 4 is 33.1 Å². The largest absolute Gasteiger partial charge is 0.478 e. The summed E-state index contributed by atoms with van der Waals surface area (Å²) in [4.78, 5) is 26.4. The van der Waals surface area contributed by atoms with E-state index in [9.17, 15) is 14.9 Å². The smallest absolute Gasteiger partial charge is 0.345 e. The highest BCUT2D eigenvalue weighted by Crippen LogP contribution is 2.31. The number of anilines is 2. The van der Waals surface area contributed by atoms with Gasteiger partial charge in [-0.3, -0.25) is 10.1 Å². The Balaban J connectivity index is 2.25. The van der Waals surface area contributed by atoms with Gasteiger partial charge in [0.15, 0.2) is 5.13 Å². The number of aromatic carboxylic acids is 1. The van der Waals surface area contributed by atoms with Gasteiger partial charge in [-0.25, -0.2) is 9.78 Å². The van der Waals surface area contributed by atoms with E-state index in [1.807, 2.05) is 0 Å². The summed E-state index contributed by atoms with van der Waals surface area (Å²) in [7, 11) is 1.71. The van der Waals surface area contributed by atoms with Gasteiger partial charge in [-0.15, -0.1) is 0 Å². The van der Waals surface area contributed by atoms with Gasteiger partial charge in [0.1, 0.15) is 6.20 Å². The molecule has 98 valence electrons. The summed E-state index contributed by atoms with van der Waals surface area (Å²) >= 11 is 0.954. The second kappa shape index (κ2) is 5.02. The molecule has 0 radical (unpaired) electrons. The molecule has 2 aromatic rings. The van der Waals surface area contributed by atoms with Crippen LogP contribution in [0.5, 0.6) is 0 Å². The van der Waals surface area contributed by atoms with Crippen LogP contribution in [-0.4, -0.2) is 28.0 Å². The molecule has 1 aromatic heterocycles. The molecule has 0 saturated heterocycles. The number of benzene rings is 1. The minimum absolute atomic E-state index is 0.0380. The monoisotopic (exact) mass is 279 g/mol. The molecule has 1 aromatic carbocycles. The molecule has 0 saturated carbocycles. The lowest BCUT2D eigenvalue weighted by molar-refractivity contribution is -0.380. The Morgan fingerprint density at radius 2 is 2.05 bits per heavy atom. The van der Waals surface area contributed by atoms with Gasteiger partial charge in [0.05, 0.1) is 10.5 Å². The molecule has 0 bridgehead atoms. The maximum atomic E-state index is 10.7. The van der Waals surface area contributed by atoms with E-state index in [2.05, 4.69) is 4.98 Å². The van der Waals surface area contributed by atoms with Crippen LogP contribution in [0.4, 0.5) is 15.8 Å². The van der Waals surface area contributed by atoms with Gasteiger partial charge in [-0.1, -0.05) is 0 Å². The number of carboxylic acid groups (broad SMARTS) is 1. The van der Waals surface area contributed by atoms with Crippen molar-refractivity contribution in [2.75, 3.05) is 11.9 Å². The maximum absolute atomic E-state index is 10.7. The molecule has 0 aliphatic heterocycles. The van der Waals surface area contributed by atoms with Crippen molar-refractivity contribution in [1.82, 2.24) is 4.98 Å². The first-order chi connectivity index (χ1) is 8.99. The number of hydrogen-bond donors (Lipinski definition) is 1. The van der Waals surface area contributed by atoms with Crippen molar-refractivity contribution in [1.29, 1.82) is 0 Å². The predicted octanol–water partition coefficient (Wildman–Crippen LogP) is 2.52. The Bertz CT molecular complexity index is 623. The van der Waals surface area contributed by atoms with Gasteiger partial charge < -0.3 is 10.0 Å². The van der Waals surface area contributed by atoms with Crippen molar-refractivity contribution in [2.45, 2.75) is 0 Å². The fourth-order valence-electron chi connectivity index (χ4n) is 1.43. The van der Waals surface area contributed by atoms with Crippen LogP contribution in [0.15, 0.2) is 30.5 Å². The third kappa shape index (κ3) is 2.68. The molecule has 0 fully saturated rings. The van der Waals surface area contributed by atoms with E-state index in [0.717, 1.165) is 11.3 Å². The average Bonchev–Trinajstić information content (AvgIpc) is 2.87. The summed E-state index contributed by atoms with van der Waals surface area (Å²) in [6.45, 7) is 0. The SMILES string of the molecule is CN(c1ccc(C(=O)O)cc1)c1ncc([N+](=O)[O-])s1. The van der Waals surface area contributed by atoms with Gasteiger partial charge in [-0.2, -0.15) is 0 Å². The van der Waals surface area contributed by atoms with E-state index in [1.165, 1.54) is 18.3 Å². The van der Waals surface area contributed by atoms with Crippen molar-refractivity contribution in [3.8, 4) is 0 Å². The van der Waals surface area contributed by atoms with Crippen molar-refractivity contribution in [3.05, 3.63) is 46.1 Å². The third-order valence-electron chi connectivity index (χ3n) is 2.45. The summed E-state index contributed by atoms with van der Waals surface area (Å²) < 4.78 is 0. The summed E-state index contributed by atoms with van der Waals surface area (Å²) in [6, 6.07) is 6.18.